The lowest BCUT2D eigenvalue weighted by molar-refractivity contribution is 0.0675. The van der Waals surface area contributed by atoms with Crippen LogP contribution in [0.1, 0.15) is 49.5 Å². The zero-order chi connectivity index (χ0) is 24.8. The van der Waals surface area contributed by atoms with E-state index in [1.807, 2.05) is 30.1 Å². The lowest BCUT2D eigenvalue weighted by Crippen LogP contribution is -2.18. The van der Waals surface area contributed by atoms with Crippen molar-refractivity contribution in [2.75, 3.05) is 6.61 Å². The van der Waals surface area contributed by atoms with Crippen LogP contribution in [0.2, 0.25) is 0 Å². The zero-order valence-corrected chi connectivity index (χ0v) is 19.9. The van der Waals surface area contributed by atoms with Gasteiger partial charge in [-0.05, 0) is 64.2 Å². The van der Waals surface area contributed by atoms with E-state index >= 15 is 0 Å². The van der Waals surface area contributed by atoms with Crippen LogP contribution >= 0.6 is 0 Å². The van der Waals surface area contributed by atoms with E-state index in [2.05, 4.69) is 25.0 Å². The van der Waals surface area contributed by atoms with Crippen molar-refractivity contribution >= 4 is 19.0 Å². The number of rotatable bonds is 2. The second-order valence-corrected chi connectivity index (χ2v) is 8.54. The third-order valence-electron chi connectivity index (χ3n) is 5.73. The minimum absolute atomic E-state index is 0.0359. The molecule has 0 bridgehead atoms. The molecule has 0 spiro atoms. The highest BCUT2D eigenvalue weighted by Crippen LogP contribution is 2.33. The number of aromatic nitrogens is 6. The van der Waals surface area contributed by atoms with Gasteiger partial charge in [0.05, 0.1) is 17.4 Å². The number of hydrogen-bond donors (Lipinski definition) is 0. The number of hydrogen-bond acceptors (Lipinski definition) is 6. The Labute approximate surface area is 204 Å². The largest absolute Gasteiger partial charge is 0.388 e. The van der Waals surface area contributed by atoms with Gasteiger partial charge in [-0.25, -0.2) is 28.7 Å². The Hall–Kier alpha value is -3.27. The van der Waals surface area contributed by atoms with Crippen LogP contribution in [0.3, 0.4) is 0 Å². The summed E-state index contributed by atoms with van der Waals surface area (Å²) >= 11 is 0. The average molecular weight is 476 g/mol. The second-order valence-electron chi connectivity index (χ2n) is 8.54. The first kappa shape index (κ1) is 24.8. The summed E-state index contributed by atoms with van der Waals surface area (Å²) < 4.78 is 34.0. The summed E-state index contributed by atoms with van der Waals surface area (Å²) in [6.45, 7) is 4.49. The van der Waals surface area contributed by atoms with Crippen LogP contribution in [0.5, 0.6) is 0 Å². The molecule has 2 radical (unpaired) electrons. The molecule has 35 heavy (non-hydrogen) atoms. The zero-order valence-electron chi connectivity index (χ0n) is 19.9. The highest BCUT2D eigenvalue weighted by molar-refractivity contribution is 6.11. The van der Waals surface area contributed by atoms with Crippen molar-refractivity contribution in [1.29, 1.82) is 0 Å². The molecule has 4 heterocycles. The number of nitrogens with zero attached hydrogens (tertiary/aromatic N) is 6. The molecule has 1 unspecified atom stereocenters. The molecular formula is C25H27BF2N6O. The van der Waals surface area contributed by atoms with E-state index in [0.717, 1.165) is 36.5 Å². The summed E-state index contributed by atoms with van der Waals surface area (Å²) in [6.07, 6.45) is 11.3. The fourth-order valence-corrected chi connectivity index (χ4v) is 3.52. The molecule has 1 aromatic carbocycles. The number of aryl methyl sites for hydroxylation is 2. The average Bonchev–Trinajstić information content (AvgIpc) is 3.55. The molecule has 10 heteroatoms. The molecule has 6 rings (SSSR count). The molecule has 4 aromatic rings. The van der Waals surface area contributed by atoms with Gasteiger partial charge in [-0.15, -0.1) is 0 Å². The lowest BCUT2D eigenvalue weighted by Gasteiger charge is -2.17. The van der Waals surface area contributed by atoms with Gasteiger partial charge in [-0.1, -0.05) is 0 Å². The standard InChI is InChI=1S/C14H10F2N4.C6H8N2.C5H9BO/c1-7-8(2)20-14-13(19-7)12(17-6-18-14)10-4-3-9(15)5-11(10)16;1-4-7-8(5-1)6-2-3-6;6-5-3-1-2-4-7-5/h3-6H,1-2H3;1,4-6H,2-3H2;5H,1-4H2. The molecule has 0 amide bonds. The fourth-order valence-electron chi connectivity index (χ4n) is 3.52. The Morgan fingerprint density at radius 3 is 2.43 bits per heavy atom. The molecule has 1 aliphatic carbocycles. The van der Waals surface area contributed by atoms with E-state index in [9.17, 15) is 8.78 Å². The Balaban J connectivity index is 0.000000156. The molecule has 7 nitrogen and oxygen atoms in total. The van der Waals surface area contributed by atoms with Gasteiger partial charge in [0.2, 0.25) is 0 Å². The smallest absolute Gasteiger partial charge is 0.182 e. The molecule has 0 N–H and O–H groups in total. The molecule has 1 saturated carbocycles. The molecule has 1 saturated heterocycles. The van der Waals surface area contributed by atoms with Gasteiger partial charge in [0, 0.05) is 36.6 Å². The number of ether oxygens (including phenoxy) is 1. The third kappa shape index (κ3) is 6.66. The van der Waals surface area contributed by atoms with Crippen LogP contribution in [-0.4, -0.2) is 50.2 Å². The van der Waals surface area contributed by atoms with Crippen molar-refractivity contribution in [3.05, 3.63) is 66.0 Å². The van der Waals surface area contributed by atoms with Gasteiger partial charge < -0.3 is 4.74 Å². The van der Waals surface area contributed by atoms with Crippen LogP contribution in [0.15, 0.2) is 43.0 Å². The molecule has 180 valence electrons. The Bertz CT molecular complexity index is 1260. The molecule has 2 aliphatic rings. The second kappa shape index (κ2) is 11.4. The molecule has 3 aromatic heterocycles. The van der Waals surface area contributed by atoms with Crippen LogP contribution in [-0.2, 0) is 4.74 Å². The number of fused-ring (bicyclic) bond motifs is 1. The van der Waals surface area contributed by atoms with Gasteiger partial charge in [0.25, 0.3) is 0 Å². The van der Waals surface area contributed by atoms with E-state index in [1.54, 1.807) is 6.92 Å². The van der Waals surface area contributed by atoms with Crippen molar-refractivity contribution < 1.29 is 13.5 Å². The van der Waals surface area contributed by atoms with E-state index in [1.165, 1.54) is 44.1 Å². The maximum absolute atomic E-state index is 13.9. The molecule has 2 fully saturated rings. The highest BCUT2D eigenvalue weighted by Gasteiger charge is 2.23. The van der Waals surface area contributed by atoms with Gasteiger partial charge in [-0.2, -0.15) is 5.10 Å². The van der Waals surface area contributed by atoms with Crippen molar-refractivity contribution in [2.45, 2.75) is 58.0 Å². The molecular weight excluding hydrogens is 449 g/mol. The number of halogens is 2. The van der Waals surface area contributed by atoms with E-state index < -0.39 is 11.6 Å². The number of benzene rings is 1. The van der Waals surface area contributed by atoms with Gasteiger partial charge >= 0.3 is 0 Å². The summed E-state index contributed by atoms with van der Waals surface area (Å²) in [7, 11) is 5.41. The molecule has 1 aliphatic heterocycles. The maximum atomic E-state index is 13.9. The van der Waals surface area contributed by atoms with E-state index in [0.29, 0.717) is 16.9 Å². The van der Waals surface area contributed by atoms with Crippen molar-refractivity contribution in [3.8, 4) is 11.3 Å². The van der Waals surface area contributed by atoms with E-state index in [-0.39, 0.29) is 11.6 Å². The normalized spacial score (nSPS) is 17.2. The van der Waals surface area contributed by atoms with E-state index in [4.69, 9.17) is 12.6 Å². The third-order valence-corrected chi connectivity index (χ3v) is 5.73. The maximum Gasteiger partial charge on any atom is 0.182 e. The topological polar surface area (TPSA) is 78.6 Å². The summed E-state index contributed by atoms with van der Waals surface area (Å²) in [6, 6.07) is 6.08. The minimum atomic E-state index is -0.690. The van der Waals surface area contributed by atoms with Crippen LogP contribution in [0.4, 0.5) is 8.78 Å². The Morgan fingerprint density at radius 1 is 1.03 bits per heavy atom. The summed E-state index contributed by atoms with van der Waals surface area (Å²) in [5, 5.41) is 4.09. The first-order valence-electron chi connectivity index (χ1n) is 11.7. The van der Waals surface area contributed by atoms with Gasteiger partial charge in [0.1, 0.15) is 37.0 Å². The SMILES string of the molecule is Cc1nc2ncnc(-c3ccc(F)cc3F)c2nc1C.[B]C1CCCCO1.c1cnn(C2CC2)c1. The fraction of sp³-hybridized carbons (Fsp3) is 0.400. The van der Waals surface area contributed by atoms with Crippen molar-refractivity contribution in [2.24, 2.45) is 0 Å². The van der Waals surface area contributed by atoms with Crippen molar-refractivity contribution in [1.82, 2.24) is 29.7 Å². The first-order valence-corrected chi connectivity index (χ1v) is 11.7. The van der Waals surface area contributed by atoms with Crippen LogP contribution in [0, 0.1) is 25.5 Å². The summed E-state index contributed by atoms with van der Waals surface area (Å²) in [5.74, 6) is -1.33. The van der Waals surface area contributed by atoms with Crippen LogP contribution in [0.25, 0.3) is 22.4 Å². The highest BCUT2D eigenvalue weighted by atomic mass is 19.1. The Morgan fingerprint density at radius 2 is 1.83 bits per heavy atom. The lowest BCUT2D eigenvalue weighted by atomic mass is 9.93. The van der Waals surface area contributed by atoms with Crippen molar-refractivity contribution in [3.63, 3.8) is 0 Å². The summed E-state index contributed by atoms with van der Waals surface area (Å²) in [5.41, 5.74) is 2.75. The van der Waals surface area contributed by atoms with Gasteiger partial charge in [-0.3, -0.25) is 4.68 Å². The summed E-state index contributed by atoms with van der Waals surface area (Å²) in [4.78, 5) is 16.8. The predicted octanol–water partition coefficient (Wildman–Crippen LogP) is 4.88. The predicted molar refractivity (Wildman–Crippen MR) is 130 cm³/mol. The quantitative estimate of drug-likeness (QED) is 0.384. The monoisotopic (exact) mass is 476 g/mol. The Kier molecular flexibility index (Phi) is 8.12. The first-order chi connectivity index (χ1) is 16.9. The molecule has 1 atom stereocenters. The van der Waals surface area contributed by atoms with Gasteiger partial charge in [0.15, 0.2) is 5.65 Å². The van der Waals surface area contributed by atoms with Crippen LogP contribution < -0.4 is 0 Å². The minimum Gasteiger partial charge on any atom is -0.388 e.